The van der Waals surface area contributed by atoms with Gasteiger partial charge >= 0.3 is 0 Å². The number of amides is 2. The van der Waals surface area contributed by atoms with Gasteiger partial charge in [-0.15, -0.1) is 0 Å². The fourth-order valence-electron chi connectivity index (χ4n) is 3.53. The van der Waals surface area contributed by atoms with Crippen molar-refractivity contribution in [2.24, 2.45) is 11.7 Å². The third-order valence-electron chi connectivity index (χ3n) is 5.26. The number of piperidine rings is 1. The van der Waals surface area contributed by atoms with Crippen LogP contribution in [0.3, 0.4) is 0 Å². The number of nitrogens with one attached hydrogen (secondary N) is 1. The molecule has 1 aliphatic rings. The number of halogens is 2. The number of hydrogen-bond donors (Lipinski definition) is 2. The van der Waals surface area contributed by atoms with Gasteiger partial charge in [-0.05, 0) is 62.7 Å². The molecular weight excluding hydrogens is 381 g/mol. The monoisotopic (exact) mass is 403 g/mol. The zero-order valence-electron chi connectivity index (χ0n) is 15.7. The summed E-state index contributed by atoms with van der Waals surface area (Å²) < 4.78 is 14.0. The topological polar surface area (TPSA) is 75.4 Å². The highest BCUT2D eigenvalue weighted by Crippen LogP contribution is 2.26. The van der Waals surface area contributed by atoms with Gasteiger partial charge in [0.15, 0.2) is 0 Å². The molecule has 0 saturated carbocycles. The summed E-state index contributed by atoms with van der Waals surface area (Å²) in [5.74, 6) is -1.04. The third-order valence-corrected chi connectivity index (χ3v) is 5.61. The average molecular weight is 404 g/mol. The molecule has 148 valence electrons. The van der Waals surface area contributed by atoms with Crippen molar-refractivity contribution in [2.45, 2.75) is 26.3 Å². The van der Waals surface area contributed by atoms with Crippen LogP contribution < -0.4 is 11.1 Å². The molecule has 3 N–H and O–H groups in total. The highest BCUT2D eigenvalue weighted by Gasteiger charge is 2.26. The second kappa shape index (κ2) is 8.71. The molecule has 0 spiro atoms. The van der Waals surface area contributed by atoms with E-state index < -0.39 is 5.91 Å². The first-order chi connectivity index (χ1) is 13.4. The van der Waals surface area contributed by atoms with Crippen molar-refractivity contribution in [3.05, 3.63) is 63.9 Å². The number of carbonyl (C=O) groups is 2. The Morgan fingerprint density at radius 1 is 1.21 bits per heavy atom. The summed E-state index contributed by atoms with van der Waals surface area (Å²) in [6, 6.07) is 9.78. The Bertz CT molecular complexity index is 875. The second-order valence-corrected chi connectivity index (χ2v) is 7.49. The first-order valence-corrected chi connectivity index (χ1v) is 9.60. The fraction of sp³-hybridized carbons (Fsp3) is 0.333. The van der Waals surface area contributed by atoms with Gasteiger partial charge in [0.2, 0.25) is 11.8 Å². The van der Waals surface area contributed by atoms with E-state index in [4.69, 9.17) is 17.3 Å². The first kappa shape index (κ1) is 20.3. The Morgan fingerprint density at radius 2 is 1.89 bits per heavy atom. The van der Waals surface area contributed by atoms with Crippen LogP contribution >= 0.6 is 11.6 Å². The summed E-state index contributed by atoms with van der Waals surface area (Å²) in [5, 5.41) is 3.33. The molecule has 1 fully saturated rings. The second-order valence-electron chi connectivity index (χ2n) is 7.08. The van der Waals surface area contributed by atoms with E-state index in [9.17, 15) is 14.0 Å². The van der Waals surface area contributed by atoms with Gasteiger partial charge in [0.1, 0.15) is 5.82 Å². The Morgan fingerprint density at radius 3 is 2.54 bits per heavy atom. The van der Waals surface area contributed by atoms with Gasteiger partial charge in [-0.25, -0.2) is 4.39 Å². The first-order valence-electron chi connectivity index (χ1n) is 9.22. The van der Waals surface area contributed by atoms with Gasteiger partial charge in [0.25, 0.3) is 0 Å². The van der Waals surface area contributed by atoms with E-state index >= 15 is 0 Å². The summed E-state index contributed by atoms with van der Waals surface area (Å²) in [4.78, 5) is 26.2. The Hall–Kier alpha value is -2.44. The van der Waals surface area contributed by atoms with Crippen LogP contribution in [0.5, 0.6) is 0 Å². The van der Waals surface area contributed by atoms with Crippen LogP contribution in [-0.4, -0.2) is 29.8 Å². The molecule has 5 nitrogen and oxygen atoms in total. The van der Waals surface area contributed by atoms with Crippen LogP contribution in [0.2, 0.25) is 5.02 Å². The van der Waals surface area contributed by atoms with Crippen LogP contribution in [0.25, 0.3) is 0 Å². The molecule has 1 heterocycles. The lowest BCUT2D eigenvalue weighted by atomic mass is 9.95. The number of carbonyl (C=O) groups excluding carboxylic acids is 2. The smallest absolute Gasteiger partial charge is 0.249 e. The van der Waals surface area contributed by atoms with Crippen molar-refractivity contribution in [3.63, 3.8) is 0 Å². The van der Waals surface area contributed by atoms with Crippen molar-refractivity contribution in [3.8, 4) is 0 Å². The van der Waals surface area contributed by atoms with Gasteiger partial charge in [0.05, 0.1) is 0 Å². The number of anilines is 1. The van der Waals surface area contributed by atoms with Crippen molar-refractivity contribution < 1.29 is 14.0 Å². The summed E-state index contributed by atoms with van der Waals surface area (Å²) in [6.45, 7) is 3.56. The molecule has 7 heteroatoms. The molecule has 1 aliphatic heterocycles. The summed E-state index contributed by atoms with van der Waals surface area (Å²) in [6.07, 6.45) is 1.35. The summed E-state index contributed by atoms with van der Waals surface area (Å²) in [5.41, 5.74) is 7.51. The SMILES string of the molecule is Cc1c(NC(=O)C2CCN(Cc3c(F)cccc3Cl)CC2)cccc1C(N)=O. The Balaban J connectivity index is 1.59. The summed E-state index contributed by atoms with van der Waals surface area (Å²) >= 11 is 6.10. The van der Waals surface area contributed by atoms with Gasteiger partial charge in [-0.2, -0.15) is 0 Å². The van der Waals surface area contributed by atoms with E-state index in [1.807, 2.05) is 0 Å². The number of primary amides is 1. The van der Waals surface area contributed by atoms with Crippen molar-refractivity contribution in [1.82, 2.24) is 4.90 Å². The Kier molecular flexibility index (Phi) is 6.31. The Labute approximate surface area is 168 Å². The molecule has 28 heavy (non-hydrogen) atoms. The predicted molar refractivity (Wildman–Crippen MR) is 108 cm³/mol. The van der Waals surface area contributed by atoms with Crippen molar-refractivity contribution in [1.29, 1.82) is 0 Å². The molecule has 2 aromatic carbocycles. The van der Waals surface area contributed by atoms with Crippen LogP contribution in [0.15, 0.2) is 36.4 Å². The third kappa shape index (κ3) is 4.51. The van der Waals surface area contributed by atoms with E-state index in [0.717, 1.165) is 0 Å². The van der Waals surface area contributed by atoms with E-state index in [2.05, 4.69) is 10.2 Å². The maximum atomic E-state index is 14.0. The van der Waals surface area contributed by atoms with E-state index in [-0.39, 0.29) is 17.6 Å². The predicted octanol–water partition coefficient (Wildman–Crippen LogP) is 3.74. The van der Waals surface area contributed by atoms with Gasteiger partial charge in [0, 0.05) is 34.3 Å². The molecule has 3 rings (SSSR count). The standard InChI is InChI=1S/C21H23ClFN3O2/c1-13-15(20(24)27)4-2-7-19(13)25-21(28)14-8-10-26(11-9-14)12-16-17(22)5-3-6-18(16)23/h2-7,14H,8-12H2,1H3,(H2,24,27)(H,25,28). The quantitative estimate of drug-likeness (QED) is 0.798. The van der Waals surface area contributed by atoms with Gasteiger partial charge in [-0.1, -0.05) is 23.7 Å². The maximum Gasteiger partial charge on any atom is 0.249 e. The van der Waals surface area contributed by atoms with Gasteiger partial charge in [-0.3, -0.25) is 14.5 Å². The molecule has 0 radical (unpaired) electrons. The van der Waals surface area contributed by atoms with Crippen LogP contribution in [-0.2, 0) is 11.3 Å². The molecule has 1 saturated heterocycles. The van der Waals surface area contributed by atoms with Crippen LogP contribution in [0, 0.1) is 18.7 Å². The molecule has 0 atom stereocenters. The summed E-state index contributed by atoms with van der Waals surface area (Å²) in [7, 11) is 0. The number of rotatable bonds is 5. The molecule has 0 unspecified atom stereocenters. The molecule has 0 aromatic heterocycles. The lowest BCUT2D eigenvalue weighted by Crippen LogP contribution is -2.38. The van der Waals surface area contributed by atoms with Crippen LogP contribution in [0.4, 0.5) is 10.1 Å². The molecule has 0 bridgehead atoms. The highest BCUT2D eigenvalue weighted by molar-refractivity contribution is 6.31. The van der Waals surface area contributed by atoms with Crippen LogP contribution in [0.1, 0.15) is 34.3 Å². The lowest BCUT2D eigenvalue weighted by Gasteiger charge is -2.31. The maximum absolute atomic E-state index is 14.0. The van der Waals surface area contributed by atoms with E-state index in [0.29, 0.717) is 59.9 Å². The number of hydrogen-bond acceptors (Lipinski definition) is 3. The van der Waals surface area contributed by atoms with E-state index in [1.165, 1.54) is 6.07 Å². The molecule has 0 aliphatic carbocycles. The molecule has 2 aromatic rings. The number of likely N-dealkylation sites (tertiary alicyclic amines) is 1. The minimum Gasteiger partial charge on any atom is -0.366 e. The van der Waals surface area contributed by atoms with Crippen molar-refractivity contribution >= 4 is 29.1 Å². The van der Waals surface area contributed by atoms with Crippen molar-refractivity contribution in [2.75, 3.05) is 18.4 Å². The minimum atomic E-state index is -0.520. The largest absolute Gasteiger partial charge is 0.366 e. The van der Waals surface area contributed by atoms with E-state index in [1.54, 1.807) is 37.3 Å². The number of nitrogens with two attached hydrogens (primary N) is 1. The number of nitrogens with zero attached hydrogens (tertiary/aromatic N) is 1. The van der Waals surface area contributed by atoms with Gasteiger partial charge < -0.3 is 11.1 Å². The molecule has 2 amide bonds. The zero-order chi connectivity index (χ0) is 20.3. The normalized spacial score (nSPS) is 15.4. The minimum absolute atomic E-state index is 0.0757. The fourth-order valence-corrected chi connectivity index (χ4v) is 3.76. The number of benzene rings is 2. The average Bonchev–Trinajstić information content (AvgIpc) is 2.66. The lowest BCUT2D eigenvalue weighted by molar-refractivity contribution is -0.121. The molecular formula is C21H23ClFN3O2. The highest BCUT2D eigenvalue weighted by atomic mass is 35.5. The zero-order valence-corrected chi connectivity index (χ0v) is 16.4.